The van der Waals surface area contributed by atoms with E-state index >= 15 is 0 Å². The van der Waals surface area contributed by atoms with Gasteiger partial charge in [-0.3, -0.25) is 4.79 Å². The van der Waals surface area contributed by atoms with Crippen LogP contribution < -0.4 is 10.1 Å². The van der Waals surface area contributed by atoms with E-state index in [4.69, 9.17) is 9.47 Å². The average molecular weight is 326 g/mol. The van der Waals surface area contributed by atoms with Crippen molar-refractivity contribution >= 4 is 23.1 Å². The van der Waals surface area contributed by atoms with Gasteiger partial charge >= 0.3 is 6.01 Å². The molecule has 3 rings (SSSR count). The van der Waals surface area contributed by atoms with Gasteiger partial charge < -0.3 is 19.8 Å². The van der Waals surface area contributed by atoms with Crippen LogP contribution in [0.4, 0.5) is 5.69 Å². The van der Waals surface area contributed by atoms with Gasteiger partial charge in [0, 0.05) is 30.7 Å². The fraction of sp³-hybridized carbons (Fsp3) is 0.235. The lowest BCUT2D eigenvalue weighted by molar-refractivity contribution is -0.132. The van der Waals surface area contributed by atoms with Crippen LogP contribution >= 0.6 is 0 Å². The van der Waals surface area contributed by atoms with Crippen molar-refractivity contribution in [2.75, 3.05) is 12.4 Å². The Morgan fingerprint density at radius 3 is 2.79 bits per heavy atom. The monoisotopic (exact) mass is 326 g/mol. The zero-order valence-corrected chi connectivity index (χ0v) is 13.4. The van der Waals surface area contributed by atoms with Gasteiger partial charge in [0.1, 0.15) is 11.9 Å². The topological polar surface area (TPSA) is 89.1 Å². The highest BCUT2D eigenvalue weighted by atomic mass is 16.5. The van der Waals surface area contributed by atoms with Gasteiger partial charge in [0.25, 0.3) is 6.47 Å². The average Bonchev–Trinajstić information content (AvgIpc) is 2.97. The van der Waals surface area contributed by atoms with E-state index < -0.39 is 0 Å². The molecule has 0 bridgehead atoms. The first kappa shape index (κ1) is 15.8. The van der Waals surface area contributed by atoms with Crippen molar-refractivity contribution in [3.63, 3.8) is 0 Å². The van der Waals surface area contributed by atoms with E-state index in [1.54, 1.807) is 19.4 Å². The number of carbonyl (C=O) groups is 1. The summed E-state index contributed by atoms with van der Waals surface area (Å²) in [6.07, 6.45) is 3.76. The minimum atomic E-state index is -0.176. The number of nitrogens with one attached hydrogen (secondary N) is 2. The summed E-state index contributed by atoms with van der Waals surface area (Å²) in [7, 11) is 1.80. The number of carbonyl (C=O) groups excluding carboxylic acids is 1. The van der Waals surface area contributed by atoms with Crippen LogP contribution in [-0.4, -0.2) is 34.6 Å². The van der Waals surface area contributed by atoms with Gasteiger partial charge in [-0.15, -0.1) is 0 Å². The molecule has 0 fully saturated rings. The smallest absolute Gasteiger partial charge is 0.322 e. The Hall–Kier alpha value is -3.09. The van der Waals surface area contributed by atoms with Crippen molar-refractivity contribution in [1.82, 2.24) is 15.0 Å². The third-order valence-corrected chi connectivity index (χ3v) is 3.57. The Bertz CT molecular complexity index is 829. The van der Waals surface area contributed by atoms with Gasteiger partial charge in [0.15, 0.2) is 0 Å². The van der Waals surface area contributed by atoms with Crippen LogP contribution in [0.2, 0.25) is 0 Å². The van der Waals surface area contributed by atoms with Crippen LogP contribution in [-0.2, 0) is 16.0 Å². The molecule has 3 aromatic rings. The number of nitrogens with zero attached hydrogens (tertiary/aromatic N) is 2. The second-order valence-electron chi connectivity index (χ2n) is 5.40. The van der Waals surface area contributed by atoms with E-state index in [0.29, 0.717) is 18.6 Å². The third kappa shape index (κ3) is 3.62. The maximum Gasteiger partial charge on any atom is 0.322 e. The normalized spacial score (nSPS) is 11.9. The summed E-state index contributed by atoms with van der Waals surface area (Å²) in [4.78, 5) is 21.9. The fourth-order valence-electron chi connectivity index (χ4n) is 2.40. The molecule has 2 aromatic heterocycles. The first-order valence-corrected chi connectivity index (χ1v) is 7.56. The van der Waals surface area contributed by atoms with Crippen molar-refractivity contribution in [3.05, 3.63) is 42.4 Å². The molecule has 0 saturated heterocycles. The van der Waals surface area contributed by atoms with Crippen LogP contribution in [0.15, 0.2) is 36.7 Å². The molecule has 0 aliphatic carbocycles. The molecular weight excluding hydrogens is 308 g/mol. The Kier molecular flexibility index (Phi) is 4.60. The summed E-state index contributed by atoms with van der Waals surface area (Å²) < 4.78 is 10.6. The summed E-state index contributed by atoms with van der Waals surface area (Å²) in [6.45, 7) is 2.32. The van der Waals surface area contributed by atoms with Crippen LogP contribution in [0.1, 0.15) is 12.6 Å². The number of anilines is 1. The van der Waals surface area contributed by atoms with Gasteiger partial charge in [-0.2, -0.15) is 0 Å². The number of aromatic nitrogens is 3. The molecule has 1 unspecified atom stereocenters. The number of ether oxygens (including phenoxy) is 2. The van der Waals surface area contributed by atoms with Gasteiger partial charge in [0.05, 0.1) is 18.1 Å². The predicted molar refractivity (Wildman–Crippen MR) is 90.3 cm³/mol. The summed E-state index contributed by atoms with van der Waals surface area (Å²) >= 11 is 0. The van der Waals surface area contributed by atoms with E-state index in [1.165, 1.54) is 0 Å². The molecular formula is C17H18N4O3. The predicted octanol–water partition coefficient (Wildman–Crippen LogP) is 2.90. The van der Waals surface area contributed by atoms with Crippen LogP contribution in [0.5, 0.6) is 11.8 Å². The van der Waals surface area contributed by atoms with Gasteiger partial charge in [-0.25, -0.2) is 9.97 Å². The van der Waals surface area contributed by atoms with E-state index in [-0.39, 0.29) is 12.1 Å². The highest BCUT2D eigenvalue weighted by Gasteiger charge is 2.08. The number of rotatable bonds is 7. The third-order valence-electron chi connectivity index (χ3n) is 3.57. The number of aromatic amines is 1. The molecule has 2 N–H and O–H groups in total. The molecule has 1 atom stereocenters. The van der Waals surface area contributed by atoms with Crippen molar-refractivity contribution in [2.45, 2.75) is 19.4 Å². The lowest BCUT2D eigenvalue weighted by atomic mass is 10.2. The largest absolute Gasteiger partial charge is 0.464 e. The van der Waals surface area contributed by atoms with E-state index in [1.807, 2.05) is 31.2 Å². The zero-order chi connectivity index (χ0) is 16.9. The van der Waals surface area contributed by atoms with Crippen LogP contribution in [0.25, 0.3) is 10.9 Å². The first-order chi connectivity index (χ1) is 11.7. The molecule has 2 heterocycles. The van der Waals surface area contributed by atoms with Gasteiger partial charge in [-0.05, 0) is 30.5 Å². The minimum absolute atomic E-state index is 0.176. The van der Waals surface area contributed by atoms with Crippen molar-refractivity contribution < 1.29 is 14.3 Å². The van der Waals surface area contributed by atoms with Crippen molar-refractivity contribution in [1.29, 1.82) is 0 Å². The van der Waals surface area contributed by atoms with E-state index in [0.717, 1.165) is 22.3 Å². The second-order valence-corrected chi connectivity index (χ2v) is 5.40. The molecule has 0 saturated carbocycles. The zero-order valence-electron chi connectivity index (χ0n) is 13.4. The molecule has 0 amide bonds. The minimum Gasteiger partial charge on any atom is -0.464 e. The number of hydrogen-bond acceptors (Lipinski definition) is 6. The molecule has 0 spiro atoms. The highest BCUT2D eigenvalue weighted by Crippen LogP contribution is 2.25. The maximum atomic E-state index is 10.4. The van der Waals surface area contributed by atoms with E-state index in [2.05, 4.69) is 20.3 Å². The summed E-state index contributed by atoms with van der Waals surface area (Å²) in [5.41, 5.74) is 2.75. The molecule has 124 valence electrons. The number of benzene rings is 1. The Morgan fingerprint density at radius 2 is 2.08 bits per heavy atom. The molecule has 7 heteroatoms. The summed E-state index contributed by atoms with van der Waals surface area (Å²) in [5, 5.41) is 4.01. The molecule has 1 aromatic carbocycles. The molecule has 0 radical (unpaired) electrons. The van der Waals surface area contributed by atoms with Gasteiger partial charge in [-0.1, -0.05) is 0 Å². The maximum absolute atomic E-state index is 10.4. The number of hydrogen-bond donors (Lipinski definition) is 2. The summed E-state index contributed by atoms with van der Waals surface area (Å²) in [6, 6.07) is 8.02. The summed E-state index contributed by atoms with van der Waals surface area (Å²) in [5.74, 6) is 0.644. The SMILES string of the molecule is CNc1cnc(Oc2ccc3cc(CC(C)OC=O)[nH]c3c2)nc1. The van der Waals surface area contributed by atoms with Crippen molar-refractivity contribution in [3.8, 4) is 11.8 Å². The molecule has 7 nitrogen and oxygen atoms in total. The Labute approximate surface area is 139 Å². The lowest BCUT2D eigenvalue weighted by Gasteiger charge is -2.06. The molecule has 24 heavy (non-hydrogen) atoms. The second kappa shape index (κ2) is 6.99. The van der Waals surface area contributed by atoms with Crippen molar-refractivity contribution in [2.24, 2.45) is 0 Å². The Balaban J connectivity index is 1.76. The Morgan fingerprint density at radius 1 is 1.29 bits per heavy atom. The molecule has 0 aliphatic rings. The van der Waals surface area contributed by atoms with E-state index in [9.17, 15) is 4.79 Å². The standard InChI is InChI=1S/C17H18N4O3/c1-11(23-10-22)5-13-6-12-3-4-15(7-16(12)21-13)24-17-19-8-14(18-2)9-20-17/h3-4,6-11,18,21H,5H2,1-2H3. The quantitative estimate of drug-likeness (QED) is 0.649. The van der Waals surface area contributed by atoms with Crippen LogP contribution in [0, 0.1) is 0 Å². The van der Waals surface area contributed by atoms with Crippen LogP contribution in [0.3, 0.4) is 0 Å². The number of fused-ring (bicyclic) bond motifs is 1. The highest BCUT2D eigenvalue weighted by molar-refractivity contribution is 5.81. The fourth-order valence-corrected chi connectivity index (χ4v) is 2.40. The van der Waals surface area contributed by atoms with Gasteiger partial charge in [0.2, 0.25) is 0 Å². The molecule has 0 aliphatic heterocycles. The number of H-pyrrole nitrogens is 1. The first-order valence-electron chi connectivity index (χ1n) is 7.56. The lowest BCUT2D eigenvalue weighted by Crippen LogP contribution is -2.10.